The zero-order valence-electron chi connectivity index (χ0n) is 8.82. The number of nitrogens with zero attached hydrogens (tertiary/aromatic N) is 2. The molecule has 1 aliphatic rings. The minimum atomic E-state index is 0.314. The molecule has 84 valence electrons. The number of rotatable bonds is 4. The van der Waals surface area contributed by atoms with Crippen molar-refractivity contribution >= 4 is 0 Å². The van der Waals surface area contributed by atoms with E-state index in [1.165, 1.54) is 0 Å². The van der Waals surface area contributed by atoms with Crippen LogP contribution in [0.4, 0.5) is 0 Å². The fraction of sp³-hybridized carbons (Fsp3) is 0.800. The SMILES string of the molecule is NCCCc1nc(C2CCCOC2)no1. The van der Waals surface area contributed by atoms with Crippen molar-refractivity contribution in [3.8, 4) is 0 Å². The largest absolute Gasteiger partial charge is 0.381 e. The first-order chi connectivity index (χ1) is 7.40. The summed E-state index contributed by atoms with van der Waals surface area (Å²) in [7, 11) is 0. The van der Waals surface area contributed by atoms with Crippen molar-refractivity contribution in [1.82, 2.24) is 10.1 Å². The van der Waals surface area contributed by atoms with Gasteiger partial charge in [0, 0.05) is 18.9 Å². The maximum atomic E-state index is 5.42. The second kappa shape index (κ2) is 5.23. The molecule has 2 rings (SSSR count). The Labute approximate surface area is 89.0 Å². The van der Waals surface area contributed by atoms with E-state index in [4.69, 9.17) is 15.0 Å². The normalized spacial score (nSPS) is 21.8. The summed E-state index contributed by atoms with van der Waals surface area (Å²) < 4.78 is 10.5. The van der Waals surface area contributed by atoms with E-state index in [2.05, 4.69) is 10.1 Å². The standard InChI is InChI=1S/C10H17N3O2/c11-5-1-4-9-12-10(13-15-9)8-3-2-6-14-7-8/h8H,1-7,11H2. The topological polar surface area (TPSA) is 74.2 Å². The Kier molecular flexibility index (Phi) is 3.69. The van der Waals surface area contributed by atoms with Gasteiger partial charge in [-0.25, -0.2) is 0 Å². The van der Waals surface area contributed by atoms with E-state index in [0.717, 1.165) is 44.7 Å². The van der Waals surface area contributed by atoms with Crippen molar-refractivity contribution in [3.63, 3.8) is 0 Å². The molecule has 0 radical (unpaired) electrons. The van der Waals surface area contributed by atoms with Crippen LogP contribution >= 0.6 is 0 Å². The first kappa shape index (κ1) is 10.6. The van der Waals surface area contributed by atoms with E-state index in [-0.39, 0.29) is 0 Å². The minimum Gasteiger partial charge on any atom is -0.381 e. The molecule has 15 heavy (non-hydrogen) atoms. The fourth-order valence-corrected chi connectivity index (χ4v) is 1.73. The molecule has 1 saturated heterocycles. The molecule has 1 aliphatic heterocycles. The Morgan fingerprint density at radius 3 is 3.13 bits per heavy atom. The summed E-state index contributed by atoms with van der Waals surface area (Å²) in [6.45, 7) is 2.23. The number of hydrogen-bond donors (Lipinski definition) is 1. The van der Waals surface area contributed by atoms with Gasteiger partial charge in [0.05, 0.1) is 6.61 Å². The van der Waals surface area contributed by atoms with Crippen LogP contribution in [0.3, 0.4) is 0 Å². The third-order valence-electron chi connectivity index (χ3n) is 2.60. The molecule has 0 bridgehead atoms. The van der Waals surface area contributed by atoms with Gasteiger partial charge in [-0.3, -0.25) is 0 Å². The van der Waals surface area contributed by atoms with Crippen molar-refractivity contribution in [2.45, 2.75) is 31.6 Å². The van der Waals surface area contributed by atoms with Gasteiger partial charge in [0.2, 0.25) is 5.89 Å². The summed E-state index contributed by atoms with van der Waals surface area (Å²) in [5, 5.41) is 3.99. The summed E-state index contributed by atoms with van der Waals surface area (Å²) in [6, 6.07) is 0. The Balaban J connectivity index is 1.93. The average Bonchev–Trinajstić information content (AvgIpc) is 2.76. The lowest BCUT2D eigenvalue weighted by atomic mass is 10.0. The maximum Gasteiger partial charge on any atom is 0.226 e. The van der Waals surface area contributed by atoms with Crippen molar-refractivity contribution in [2.75, 3.05) is 19.8 Å². The van der Waals surface area contributed by atoms with Crippen LogP contribution in [-0.4, -0.2) is 29.9 Å². The Morgan fingerprint density at radius 2 is 2.40 bits per heavy atom. The van der Waals surface area contributed by atoms with Crippen LogP contribution < -0.4 is 5.73 Å². The maximum absolute atomic E-state index is 5.42. The highest BCUT2D eigenvalue weighted by molar-refractivity contribution is 4.96. The average molecular weight is 211 g/mol. The van der Waals surface area contributed by atoms with Gasteiger partial charge < -0.3 is 15.0 Å². The van der Waals surface area contributed by atoms with Crippen LogP contribution in [0.5, 0.6) is 0 Å². The predicted octanol–water partition coefficient (Wildman–Crippen LogP) is 0.855. The molecule has 1 aromatic rings. The van der Waals surface area contributed by atoms with Crippen LogP contribution in [0, 0.1) is 0 Å². The first-order valence-electron chi connectivity index (χ1n) is 5.50. The molecule has 1 fully saturated rings. The summed E-state index contributed by atoms with van der Waals surface area (Å²) in [5.41, 5.74) is 5.42. The molecule has 0 aliphatic carbocycles. The van der Waals surface area contributed by atoms with E-state index in [0.29, 0.717) is 18.4 Å². The summed E-state index contributed by atoms with van der Waals surface area (Å²) in [6.07, 6.45) is 3.84. The molecule has 0 saturated carbocycles. The predicted molar refractivity (Wildman–Crippen MR) is 54.5 cm³/mol. The highest BCUT2D eigenvalue weighted by Crippen LogP contribution is 2.22. The van der Waals surface area contributed by atoms with Crippen LogP contribution in [0.1, 0.15) is 36.9 Å². The lowest BCUT2D eigenvalue weighted by Crippen LogP contribution is -2.16. The molecule has 2 heterocycles. The van der Waals surface area contributed by atoms with Crippen molar-refractivity contribution < 1.29 is 9.26 Å². The smallest absolute Gasteiger partial charge is 0.226 e. The molecule has 5 nitrogen and oxygen atoms in total. The monoisotopic (exact) mass is 211 g/mol. The Hall–Kier alpha value is -0.940. The van der Waals surface area contributed by atoms with Crippen LogP contribution in [-0.2, 0) is 11.2 Å². The van der Waals surface area contributed by atoms with E-state index in [1.807, 2.05) is 0 Å². The number of nitrogens with two attached hydrogens (primary N) is 1. The molecule has 1 atom stereocenters. The molecule has 5 heteroatoms. The van der Waals surface area contributed by atoms with Gasteiger partial charge in [0.1, 0.15) is 0 Å². The molecule has 1 aromatic heterocycles. The number of aryl methyl sites for hydroxylation is 1. The number of hydrogen-bond acceptors (Lipinski definition) is 5. The zero-order valence-corrected chi connectivity index (χ0v) is 8.82. The van der Waals surface area contributed by atoms with Crippen LogP contribution in [0.15, 0.2) is 4.52 Å². The molecule has 0 aromatic carbocycles. The summed E-state index contributed by atoms with van der Waals surface area (Å²) in [5.74, 6) is 1.80. The molecule has 2 N–H and O–H groups in total. The van der Waals surface area contributed by atoms with Gasteiger partial charge in [-0.1, -0.05) is 5.16 Å². The lowest BCUT2D eigenvalue weighted by molar-refractivity contribution is 0.0773. The Morgan fingerprint density at radius 1 is 1.47 bits per heavy atom. The van der Waals surface area contributed by atoms with Gasteiger partial charge in [0.15, 0.2) is 5.82 Å². The van der Waals surface area contributed by atoms with E-state index < -0.39 is 0 Å². The molecular formula is C10H17N3O2. The van der Waals surface area contributed by atoms with Gasteiger partial charge in [-0.15, -0.1) is 0 Å². The second-order valence-electron chi connectivity index (χ2n) is 3.85. The first-order valence-corrected chi connectivity index (χ1v) is 5.50. The summed E-state index contributed by atoms with van der Waals surface area (Å²) in [4.78, 5) is 4.36. The highest BCUT2D eigenvalue weighted by Gasteiger charge is 2.21. The quantitative estimate of drug-likeness (QED) is 0.799. The van der Waals surface area contributed by atoms with Crippen molar-refractivity contribution in [3.05, 3.63) is 11.7 Å². The van der Waals surface area contributed by atoms with Gasteiger partial charge in [-0.05, 0) is 25.8 Å². The van der Waals surface area contributed by atoms with Gasteiger partial charge in [0.25, 0.3) is 0 Å². The number of ether oxygens (including phenoxy) is 1. The lowest BCUT2D eigenvalue weighted by Gasteiger charge is -2.18. The van der Waals surface area contributed by atoms with Crippen molar-refractivity contribution in [1.29, 1.82) is 0 Å². The summed E-state index contributed by atoms with van der Waals surface area (Å²) >= 11 is 0. The number of aromatic nitrogens is 2. The third kappa shape index (κ3) is 2.76. The third-order valence-corrected chi connectivity index (χ3v) is 2.60. The van der Waals surface area contributed by atoms with E-state index >= 15 is 0 Å². The molecule has 1 unspecified atom stereocenters. The van der Waals surface area contributed by atoms with E-state index in [1.54, 1.807) is 0 Å². The molecule has 0 spiro atoms. The van der Waals surface area contributed by atoms with Gasteiger partial charge >= 0.3 is 0 Å². The zero-order chi connectivity index (χ0) is 10.5. The highest BCUT2D eigenvalue weighted by atomic mass is 16.5. The molecular weight excluding hydrogens is 194 g/mol. The van der Waals surface area contributed by atoms with Crippen molar-refractivity contribution in [2.24, 2.45) is 5.73 Å². The Bertz CT molecular complexity index is 295. The van der Waals surface area contributed by atoms with Gasteiger partial charge in [-0.2, -0.15) is 4.98 Å². The fourth-order valence-electron chi connectivity index (χ4n) is 1.73. The second-order valence-corrected chi connectivity index (χ2v) is 3.85. The molecule has 0 amide bonds. The minimum absolute atomic E-state index is 0.314. The van der Waals surface area contributed by atoms with Crippen LogP contribution in [0.2, 0.25) is 0 Å². The van der Waals surface area contributed by atoms with Crippen LogP contribution in [0.25, 0.3) is 0 Å². The van der Waals surface area contributed by atoms with E-state index in [9.17, 15) is 0 Å².